The Kier molecular flexibility index (Phi) is 4.85. The summed E-state index contributed by atoms with van der Waals surface area (Å²) in [6.07, 6.45) is 6.28. The Balaban J connectivity index is 1.85. The van der Waals surface area contributed by atoms with Crippen molar-refractivity contribution in [3.05, 3.63) is 0 Å². The maximum atomic E-state index is 12.4. The molecule has 2 rings (SSSR count). The summed E-state index contributed by atoms with van der Waals surface area (Å²) >= 11 is 0. The fourth-order valence-corrected chi connectivity index (χ4v) is 3.34. The summed E-state index contributed by atoms with van der Waals surface area (Å²) in [5.74, 6) is 0.310. The smallest absolute Gasteiger partial charge is 0.223 e. The summed E-state index contributed by atoms with van der Waals surface area (Å²) in [4.78, 5) is 14.5. The molecule has 1 aliphatic heterocycles. The lowest BCUT2D eigenvalue weighted by Gasteiger charge is -2.38. The maximum absolute atomic E-state index is 12.4. The average Bonchev–Trinajstić information content (AvgIpc) is 2.84. The number of rotatable bonds is 5. The third-order valence-corrected chi connectivity index (χ3v) is 4.64. The van der Waals surface area contributed by atoms with Crippen LogP contribution in [0.25, 0.3) is 0 Å². The molecule has 0 aromatic rings. The largest absolute Gasteiger partial charge is 0.374 e. The quantitative estimate of drug-likeness (QED) is 0.829. The third kappa shape index (κ3) is 3.69. The molecule has 1 heterocycles. The molecule has 0 radical (unpaired) electrons. The first-order valence-corrected chi connectivity index (χ1v) is 7.65. The Morgan fingerprint density at radius 2 is 2.16 bits per heavy atom. The second kappa shape index (κ2) is 6.23. The molecule has 0 spiro atoms. The average molecular weight is 268 g/mol. The molecule has 2 aliphatic rings. The number of fused-ring (bicyclic) bond motifs is 1. The van der Waals surface area contributed by atoms with Crippen LogP contribution < -0.4 is 5.73 Å². The Morgan fingerprint density at radius 1 is 1.37 bits per heavy atom. The highest BCUT2D eigenvalue weighted by atomic mass is 16.5. The van der Waals surface area contributed by atoms with Gasteiger partial charge in [-0.1, -0.05) is 13.8 Å². The number of hydrogen-bond donors (Lipinski definition) is 1. The lowest BCUT2D eigenvalue weighted by molar-refractivity contribution is -0.144. The fraction of sp³-hybridized carbons (Fsp3) is 0.933. The van der Waals surface area contributed by atoms with Crippen LogP contribution in [0.4, 0.5) is 0 Å². The SMILES string of the molecule is CC(C)(CCN)CCC(=O)N1CCOC2CCCC21. The Bertz CT molecular complexity index is 317. The van der Waals surface area contributed by atoms with Crippen molar-refractivity contribution in [2.24, 2.45) is 11.1 Å². The monoisotopic (exact) mass is 268 g/mol. The highest BCUT2D eigenvalue weighted by Crippen LogP contribution is 2.31. The van der Waals surface area contributed by atoms with E-state index in [1.807, 2.05) is 0 Å². The van der Waals surface area contributed by atoms with Gasteiger partial charge in [0.05, 0.1) is 18.8 Å². The molecule has 1 saturated heterocycles. The molecular formula is C15H28N2O2. The zero-order valence-corrected chi connectivity index (χ0v) is 12.4. The van der Waals surface area contributed by atoms with Gasteiger partial charge < -0.3 is 15.4 Å². The summed E-state index contributed by atoms with van der Waals surface area (Å²) < 4.78 is 5.76. The van der Waals surface area contributed by atoms with Crippen LogP contribution in [0.5, 0.6) is 0 Å². The standard InChI is InChI=1S/C15H28N2O2/c1-15(2,8-9-16)7-6-14(18)17-10-11-19-13-5-3-4-12(13)17/h12-13H,3-11,16H2,1-2H3. The first-order chi connectivity index (χ1) is 9.03. The molecular weight excluding hydrogens is 240 g/mol. The van der Waals surface area contributed by atoms with Crippen LogP contribution in [0.3, 0.4) is 0 Å². The lowest BCUT2D eigenvalue weighted by atomic mass is 9.84. The molecule has 2 atom stereocenters. The highest BCUT2D eigenvalue weighted by Gasteiger charge is 2.38. The zero-order valence-electron chi connectivity index (χ0n) is 12.4. The Labute approximate surface area is 116 Å². The van der Waals surface area contributed by atoms with Crippen molar-refractivity contribution in [2.75, 3.05) is 19.7 Å². The van der Waals surface area contributed by atoms with E-state index in [1.165, 1.54) is 6.42 Å². The summed E-state index contributed by atoms with van der Waals surface area (Å²) in [5, 5.41) is 0. The van der Waals surface area contributed by atoms with Gasteiger partial charge in [0, 0.05) is 13.0 Å². The van der Waals surface area contributed by atoms with Crippen molar-refractivity contribution in [3.63, 3.8) is 0 Å². The van der Waals surface area contributed by atoms with E-state index >= 15 is 0 Å². The summed E-state index contributed by atoms with van der Waals surface area (Å²) in [6, 6.07) is 0.346. The number of carbonyl (C=O) groups is 1. The van der Waals surface area contributed by atoms with E-state index in [9.17, 15) is 4.79 Å². The second-order valence-electron chi connectivity index (χ2n) is 6.70. The minimum atomic E-state index is 0.172. The number of carbonyl (C=O) groups excluding carboxylic acids is 1. The van der Waals surface area contributed by atoms with E-state index < -0.39 is 0 Å². The van der Waals surface area contributed by atoms with E-state index in [2.05, 4.69) is 18.7 Å². The van der Waals surface area contributed by atoms with Crippen LogP contribution in [0, 0.1) is 5.41 Å². The molecule has 0 bridgehead atoms. The van der Waals surface area contributed by atoms with Gasteiger partial charge in [-0.3, -0.25) is 4.79 Å². The second-order valence-corrected chi connectivity index (χ2v) is 6.70. The molecule has 2 unspecified atom stereocenters. The lowest BCUT2D eigenvalue weighted by Crippen LogP contribution is -2.51. The number of nitrogens with two attached hydrogens (primary N) is 1. The van der Waals surface area contributed by atoms with Gasteiger partial charge in [-0.15, -0.1) is 0 Å². The van der Waals surface area contributed by atoms with Crippen LogP contribution in [-0.2, 0) is 9.53 Å². The van der Waals surface area contributed by atoms with Crippen molar-refractivity contribution < 1.29 is 9.53 Å². The molecule has 2 fully saturated rings. The normalized spacial score (nSPS) is 27.4. The van der Waals surface area contributed by atoms with Gasteiger partial charge in [0.1, 0.15) is 0 Å². The van der Waals surface area contributed by atoms with Crippen molar-refractivity contribution in [3.8, 4) is 0 Å². The van der Waals surface area contributed by atoms with E-state index in [4.69, 9.17) is 10.5 Å². The summed E-state index contributed by atoms with van der Waals surface area (Å²) in [7, 11) is 0. The van der Waals surface area contributed by atoms with Crippen LogP contribution in [0.2, 0.25) is 0 Å². The first-order valence-electron chi connectivity index (χ1n) is 7.65. The van der Waals surface area contributed by atoms with Crippen molar-refractivity contribution in [1.82, 2.24) is 4.90 Å². The number of amides is 1. The highest BCUT2D eigenvalue weighted by molar-refractivity contribution is 5.76. The zero-order chi connectivity index (χ0) is 13.9. The molecule has 4 heteroatoms. The fourth-order valence-electron chi connectivity index (χ4n) is 3.34. The molecule has 1 saturated carbocycles. The molecule has 1 amide bonds. The van der Waals surface area contributed by atoms with E-state index in [1.54, 1.807) is 0 Å². The number of morpholine rings is 1. The van der Waals surface area contributed by atoms with Crippen LogP contribution >= 0.6 is 0 Å². The van der Waals surface area contributed by atoms with E-state index in [-0.39, 0.29) is 5.41 Å². The van der Waals surface area contributed by atoms with E-state index in [0.29, 0.717) is 37.6 Å². The topological polar surface area (TPSA) is 55.6 Å². The van der Waals surface area contributed by atoms with Gasteiger partial charge >= 0.3 is 0 Å². The minimum Gasteiger partial charge on any atom is -0.374 e. The number of ether oxygens (including phenoxy) is 1. The van der Waals surface area contributed by atoms with Crippen LogP contribution in [-0.4, -0.2) is 42.6 Å². The Morgan fingerprint density at radius 3 is 2.89 bits per heavy atom. The summed E-state index contributed by atoms with van der Waals surface area (Å²) in [6.45, 7) is 6.58. The van der Waals surface area contributed by atoms with Gasteiger partial charge in [-0.25, -0.2) is 0 Å². The number of hydrogen-bond acceptors (Lipinski definition) is 3. The predicted octanol–water partition coefficient (Wildman–Crippen LogP) is 1.92. The van der Waals surface area contributed by atoms with Gasteiger partial charge in [0.15, 0.2) is 0 Å². The van der Waals surface area contributed by atoms with Gasteiger partial charge in [-0.2, -0.15) is 0 Å². The van der Waals surface area contributed by atoms with Crippen molar-refractivity contribution >= 4 is 5.91 Å². The van der Waals surface area contributed by atoms with Crippen LogP contribution in [0.1, 0.15) is 52.4 Å². The maximum Gasteiger partial charge on any atom is 0.223 e. The molecule has 110 valence electrons. The first kappa shape index (κ1) is 14.8. The van der Waals surface area contributed by atoms with Gasteiger partial charge in [-0.05, 0) is 44.1 Å². The third-order valence-electron chi connectivity index (χ3n) is 4.64. The van der Waals surface area contributed by atoms with Crippen molar-refractivity contribution in [2.45, 2.75) is 64.5 Å². The van der Waals surface area contributed by atoms with E-state index in [0.717, 1.165) is 32.2 Å². The Hall–Kier alpha value is -0.610. The molecule has 0 aromatic heterocycles. The van der Waals surface area contributed by atoms with Gasteiger partial charge in [0.2, 0.25) is 5.91 Å². The summed E-state index contributed by atoms with van der Waals surface area (Å²) in [5.41, 5.74) is 5.79. The van der Waals surface area contributed by atoms with Crippen molar-refractivity contribution in [1.29, 1.82) is 0 Å². The molecule has 19 heavy (non-hydrogen) atoms. The minimum absolute atomic E-state index is 0.172. The number of nitrogens with zero attached hydrogens (tertiary/aromatic N) is 1. The molecule has 4 nitrogen and oxygen atoms in total. The molecule has 2 N–H and O–H groups in total. The predicted molar refractivity (Wildman–Crippen MR) is 75.8 cm³/mol. The molecule has 1 aliphatic carbocycles. The van der Waals surface area contributed by atoms with Crippen LogP contribution in [0.15, 0.2) is 0 Å². The van der Waals surface area contributed by atoms with Gasteiger partial charge in [0.25, 0.3) is 0 Å². The molecule has 0 aromatic carbocycles.